The number of imide groups is 1. The summed E-state index contributed by atoms with van der Waals surface area (Å²) in [4.78, 5) is 53.9. The van der Waals surface area contributed by atoms with E-state index in [1.807, 2.05) is 24.3 Å². The van der Waals surface area contributed by atoms with Crippen molar-refractivity contribution in [2.75, 3.05) is 24.2 Å². The lowest BCUT2D eigenvalue weighted by molar-refractivity contribution is -0.113. The van der Waals surface area contributed by atoms with Gasteiger partial charge in [-0.15, -0.1) is 21.5 Å². The number of amides is 3. The smallest absolute Gasteiger partial charge is 0.341 e. The van der Waals surface area contributed by atoms with Crippen LogP contribution in [0.1, 0.15) is 73.6 Å². The van der Waals surface area contributed by atoms with Crippen molar-refractivity contribution in [2.45, 2.75) is 50.7 Å². The highest BCUT2D eigenvalue weighted by Gasteiger charge is 2.32. The number of ether oxygens (including phenoxy) is 1. The third kappa shape index (κ3) is 5.43. The van der Waals surface area contributed by atoms with E-state index in [1.165, 1.54) is 16.2 Å². The lowest BCUT2D eigenvalue weighted by Gasteiger charge is -2.27. The predicted octanol–water partition coefficient (Wildman–Crippen LogP) is 5.30. The molecule has 0 atom stereocenters. The summed E-state index contributed by atoms with van der Waals surface area (Å²) in [6, 6.07) is 10.9. The van der Waals surface area contributed by atoms with Crippen molar-refractivity contribution in [1.29, 1.82) is 0 Å². The molecule has 0 saturated carbocycles. The van der Waals surface area contributed by atoms with E-state index in [0.717, 1.165) is 53.3 Å². The lowest BCUT2D eigenvalue weighted by Crippen LogP contribution is -2.41. The zero-order valence-electron chi connectivity index (χ0n) is 22.9. The first-order valence-corrected chi connectivity index (χ1v) is 15.7. The van der Waals surface area contributed by atoms with Gasteiger partial charge in [-0.05, 0) is 62.1 Å². The number of thioether (sulfide) groups is 1. The molecule has 1 aliphatic carbocycles. The van der Waals surface area contributed by atoms with Gasteiger partial charge in [0, 0.05) is 34.4 Å². The molecular formula is C30H28N4O6S2. The highest BCUT2D eigenvalue weighted by Crippen LogP contribution is 2.39. The Morgan fingerprint density at radius 3 is 2.55 bits per heavy atom. The van der Waals surface area contributed by atoms with Crippen molar-refractivity contribution < 1.29 is 28.3 Å². The molecule has 1 aliphatic heterocycles. The van der Waals surface area contributed by atoms with Crippen LogP contribution in [0.25, 0.3) is 10.8 Å². The number of anilines is 1. The van der Waals surface area contributed by atoms with Gasteiger partial charge in [-0.2, -0.15) is 0 Å². The summed E-state index contributed by atoms with van der Waals surface area (Å²) < 4.78 is 10.9. The van der Waals surface area contributed by atoms with Crippen molar-refractivity contribution in [3.8, 4) is 0 Å². The molecule has 6 rings (SSSR count). The van der Waals surface area contributed by atoms with Crippen molar-refractivity contribution >= 4 is 62.6 Å². The first kappa shape index (κ1) is 28.1. The molecule has 0 radical (unpaired) electrons. The minimum atomic E-state index is -0.407. The summed E-state index contributed by atoms with van der Waals surface area (Å²) in [7, 11) is 0. The lowest BCUT2D eigenvalue weighted by atomic mass is 9.94. The fourth-order valence-corrected chi connectivity index (χ4v) is 7.31. The summed E-state index contributed by atoms with van der Waals surface area (Å²) in [5.74, 6) is -0.942. The Bertz CT molecular complexity index is 1660. The number of carbonyl (C=O) groups is 4. The molecule has 1 N–H and O–H groups in total. The van der Waals surface area contributed by atoms with E-state index in [2.05, 4.69) is 15.5 Å². The van der Waals surface area contributed by atoms with Crippen molar-refractivity contribution in [3.63, 3.8) is 0 Å². The van der Waals surface area contributed by atoms with E-state index in [0.29, 0.717) is 45.8 Å². The van der Waals surface area contributed by atoms with Gasteiger partial charge in [0.05, 0.1) is 17.9 Å². The Morgan fingerprint density at radius 1 is 1.07 bits per heavy atom. The average Bonchev–Trinajstić information content (AvgIpc) is 3.60. The van der Waals surface area contributed by atoms with Crippen molar-refractivity contribution in [2.24, 2.45) is 0 Å². The minimum Gasteiger partial charge on any atom is -0.462 e. The summed E-state index contributed by atoms with van der Waals surface area (Å²) >= 11 is 2.54. The quantitative estimate of drug-likeness (QED) is 0.146. The molecule has 0 unspecified atom stereocenters. The van der Waals surface area contributed by atoms with Gasteiger partial charge in [0.1, 0.15) is 5.00 Å². The van der Waals surface area contributed by atoms with Crippen LogP contribution in [0.2, 0.25) is 0 Å². The van der Waals surface area contributed by atoms with Crippen LogP contribution in [0.15, 0.2) is 46.0 Å². The number of hydrogen-bond donors (Lipinski definition) is 1. The molecule has 0 saturated heterocycles. The van der Waals surface area contributed by atoms with E-state index >= 15 is 0 Å². The number of hydrogen-bond acceptors (Lipinski definition) is 10. The van der Waals surface area contributed by atoms with Crippen LogP contribution in [0, 0.1) is 0 Å². The number of fused-ring (bicyclic) bond motifs is 1. The van der Waals surface area contributed by atoms with Crippen LogP contribution in [-0.4, -0.2) is 57.7 Å². The van der Waals surface area contributed by atoms with Crippen molar-refractivity contribution in [3.05, 3.63) is 69.4 Å². The molecule has 4 aromatic rings. The maximum atomic E-state index is 13.1. The minimum absolute atomic E-state index is 0.0220. The molecule has 2 aromatic carbocycles. The first-order chi connectivity index (χ1) is 20.4. The number of nitrogens with zero attached hydrogens (tertiary/aromatic N) is 3. The molecule has 10 nitrogen and oxygen atoms in total. The third-order valence-electron chi connectivity index (χ3n) is 7.31. The summed E-state index contributed by atoms with van der Waals surface area (Å²) in [6.07, 6.45) is 4.58. The molecule has 42 heavy (non-hydrogen) atoms. The molecule has 3 heterocycles. The van der Waals surface area contributed by atoms with E-state index in [-0.39, 0.29) is 41.8 Å². The second-order valence-electron chi connectivity index (χ2n) is 10.0. The standard InChI is InChI=1S/C30H28N4O6S2/c1-2-39-29(38)25-18-10-3-4-13-21(18)42-26(25)31-22(35)16-41-30-33-32-23(40-30)14-7-15-34-27(36)19-11-5-8-17-9-6-12-20(24(17)19)28(34)37/h5-6,8-9,11-12H,2-4,7,10,13-16H2,1H3,(H,31,35). The van der Waals surface area contributed by atoms with Crippen LogP contribution in [-0.2, 0) is 28.8 Å². The molecule has 2 aromatic heterocycles. The number of esters is 1. The molecule has 12 heteroatoms. The van der Waals surface area contributed by atoms with Gasteiger partial charge in [-0.1, -0.05) is 36.0 Å². The summed E-state index contributed by atoms with van der Waals surface area (Å²) in [5.41, 5.74) is 2.51. The Hall–Kier alpha value is -4.03. The number of nitrogens with one attached hydrogen (secondary N) is 1. The molecule has 216 valence electrons. The maximum Gasteiger partial charge on any atom is 0.341 e. The van der Waals surface area contributed by atoms with E-state index < -0.39 is 5.97 Å². The maximum absolute atomic E-state index is 13.1. The van der Waals surface area contributed by atoms with Gasteiger partial charge in [0.15, 0.2) is 0 Å². The molecular weight excluding hydrogens is 576 g/mol. The van der Waals surface area contributed by atoms with Gasteiger partial charge in [-0.25, -0.2) is 4.79 Å². The largest absolute Gasteiger partial charge is 0.462 e. The number of thiophene rings is 1. The van der Waals surface area contributed by atoms with Gasteiger partial charge in [0.2, 0.25) is 11.8 Å². The number of benzene rings is 2. The number of aromatic nitrogens is 2. The molecule has 0 spiro atoms. The third-order valence-corrected chi connectivity index (χ3v) is 9.33. The van der Waals surface area contributed by atoms with Gasteiger partial charge < -0.3 is 14.5 Å². The zero-order valence-corrected chi connectivity index (χ0v) is 24.6. The second-order valence-corrected chi connectivity index (χ2v) is 12.0. The Balaban J connectivity index is 1.03. The average molecular weight is 605 g/mol. The Kier molecular flexibility index (Phi) is 8.07. The van der Waals surface area contributed by atoms with Crippen LogP contribution in [0.3, 0.4) is 0 Å². The van der Waals surface area contributed by atoms with Gasteiger partial charge >= 0.3 is 5.97 Å². The van der Waals surface area contributed by atoms with E-state index in [1.54, 1.807) is 19.1 Å². The van der Waals surface area contributed by atoms with Crippen LogP contribution < -0.4 is 5.32 Å². The number of carbonyl (C=O) groups excluding carboxylic acids is 4. The van der Waals surface area contributed by atoms with Gasteiger partial charge in [0.25, 0.3) is 17.0 Å². The SMILES string of the molecule is CCOC(=O)c1c(NC(=O)CSc2nnc(CCCN3C(=O)c4cccc5cccc(c45)C3=O)o2)sc2c1CCCC2. The normalized spacial score (nSPS) is 14.3. The summed E-state index contributed by atoms with van der Waals surface area (Å²) in [5, 5.41) is 13.3. The topological polar surface area (TPSA) is 132 Å². The van der Waals surface area contributed by atoms with E-state index in [9.17, 15) is 19.2 Å². The van der Waals surface area contributed by atoms with Gasteiger partial charge in [-0.3, -0.25) is 19.3 Å². The highest BCUT2D eigenvalue weighted by molar-refractivity contribution is 7.99. The zero-order chi connectivity index (χ0) is 29.2. The molecule has 2 aliphatic rings. The number of aryl methyl sites for hydroxylation is 2. The molecule has 3 amide bonds. The van der Waals surface area contributed by atoms with Crippen LogP contribution >= 0.6 is 23.1 Å². The fourth-order valence-electron chi connectivity index (χ4n) is 5.43. The second kappa shape index (κ2) is 12.1. The van der Waals surface area contributed by atoms with E-state index in [4.69, 9.17) is 9.15 Å². The predicted molar refractivity (Wildman–Crippen MR) is 158 cm³/mol. The monoisotopic (exact) mass is 604 g/mol. The van der Waals surface area contributed by atoms with Crippen molar-refractivity contribution in [1.82, 2.24) is 15.1 Å². The fraction of sp³-hybridized carbons (Fsp3) is 0.333. The van der Waals surface area contributed by atoms with Crippen LogP contribution in [0.4, 0.5) is 5.00 Å². The Morgan fingerprint density at radius 2 is 1.81 bits per heavy atom. The Labute approximate surface area is 249 Å². The molecule has 0 bridgehead atoms. The number of rotatable bonds is 10. The summed E-state index contributed by atoms with van der Waals surface area (Å²) in [6.45, 7) is 2.24. The molecule has 0 fully saturated rings. The first-order valence-electron chi connectivity index (χ1n) is 13.9. The highest BCUT2D eigenvalue weighted by atomic mass is 32.2. The van der Waals surface area contributed by atoms with Crippen LogP contribution in [0.5, 0.6) is 0 Å².